The summed E-state index contributed by atoms with van der Waals surface area (Å²) < 4.78 is 0. The Morgan fingerprint density at radius 1 is 1.30 bits per heavy atom. The third kappa shape index (κ3) is 3.25. The number of rotatable bonds is 6. The lowest BCUT2D eigenvalue weighted by Crippen LogP contribution is -2.30. The summed E-state index contributed by atoms with van der Waals surface area (Å²) >= 11 is 1.67. The van der Waals surface area contributed by atoms with Crippen LogP contribution in [0.15, 0.2) is 24.3 Å². The van der Waals surface area contributed by atoms with Gasteiger partial charge in [-0.15, -0.1) is 0 Å². The van der Waals surface area contributed by atoms with Crippen molar-refractivity contribution in [3.05, 3.63) is 29.8 Å². The smallest absolute Gasteiger partial charge is 0.319 e. The lowest BCUT2D eigenvalue weighted by Gasteiger charge is -2.11. The Morgan fingerprint density at radius 3 is 2.45 bits per heavy atom. The summed E-state index contributed by atoms with van der Waals surface area (Å²) in [5, 5.41) is 14.7. The lowest BCUT2D eigenvalue weighted by molar-refractivity contribution is -0.140. The summed E-state index contributed by atoms with van der Waals surface area (Å²) in [5.41, 5.74) is 0.772. The number of carboxylic acid groups (broad SMARTS) is 1. The van der Waals surface area contributed by atoms with Crippen LogP contribution < -0.4 is 10.6 Å². The average molecular weight is 294 g/mol. The molecular weight excluding hydrogens is 276 g/mol. The minimum atomic E-state index is -0.770. The molecule has 0 bridgehead atoms. The van der Waals surface area contributed by atoms with Crippen LogP contribution in [0.25, 0.3) is 0 Å². The van der Waals surface area contributed by atoms with Crippen LogP contribution in [0.5, 0.6) is 0 Å². The number of nitrogens with one attached hydrogen (secondary N) is 2. The Balaban J connectivity index is 1.92. The van der Waals surface area contributed by atoms with Crippen LogP contribution in [0.3, 0.4) is 0 Å². The number of hydrogen-bond acceptors (Lipinski definition) is 3. The fourth-order valence-corrected chi connectivity index (χ4v) is 2.37. The molecule has 0 radical (unpaired) electrons. The van der Waals surface area contributed by atoms with Gasteiger partial charge in [0.1, 0.15) is 0 Å². The molecule has 1 aromatic carbocycles. The first-order valence-corrected chi connectivity index (χ1v) is 7.85. The largest absolute Gasteiger partial charge is 0.481 e. The Kier molecular flexibility index (Phi) is 4.54. The number of anilines is 1. The van der Waals surface area contributed by atoms with Gasteiger partial charge in [0.05, 0.1) is 5.41 Å². The van der Waals surface area contributed by atoms with E-state index in [1.165, 1.54) is 0 Å². The predicted octanol–water partition coefficient (Wildman–Crippen LogP) is 2.29. The number of thioether (sulfide) groups is 1. The van der Waals surface area contributed by atoms with Gasteiger partial charge in [0, 0.05) is 18.0 Å². The monoisotopic (exact) mass is 294 g/mol. The zero-order valence-corrected chi connectivity index (χ0v) is 12.1. The van der Waals surface area contributed by atoms with E-state index in [2.05, 4.69) is 10.6 Å². The summed E-state index contributed by atoms with van der Waals surface area (Å²) in [6, 6.07) is 6.79. The maximum Gasteiger partial charge on any atom is 0.319 e. The van der Waals surface area contributed by atoms with Gasteiger partial charge in [0.2, 0.25) is 0 Å². The second-order valence-corrected chi connectivity index (χ2v) is 5.82. The second kappa shape index (κ2) is 6.17. The molecule has 0 unspecified atom stereocenters. The summed E-state index contributed by atoms with van der Waals surface area (Å²) in [7, 11) is 0. The van der Waals surface area contributed by atoms with E-state index in [1.54, 1.807) is 36.0 Å². The van der Waals surface area contributed by atoms with Gasteiger partial charge in [0.25, 0.3) is 0 Å². The molecule has 1 aromatic rings. The van der Waals surface area contributed by atoms with Crippen LogP contribution >= 0.6 is 11.8 Å². The van der Waals surface area contributed by atoms with E-state index >= 15 is 0 Å². The standard InChI is InChI=1S/C14H18N2O3S/c1-20-9-8-15-13(19)16-11-4-2-10(3-5-11)14(6-7-14)12(17)18/h2-5H,6-9H2,1H3,(H,17,18)(H2,15,16,19). The molecule has 108 valence electrons. The van der Waals surface area contributed by atoms with E-state index in [0.29, 0.717) is 25.1 Å². The number of carbonyl (C=O) groups is 2. The van der Waals surface area contributed by atoms with Gasteiger partial charge in [-0.1, -0.05) is 12.1 Å². The SMILES string of the molecule is CSCCNC(=O)Nc1ccc(C2(C(=O)O)CC2)cc1. The first kappa shape index (κ1) is 14.7. The Bertz CT molecular complexity index is 498. The van der Waals surface area contributed by atoms with Crippen LogP contribution in [0, 0.1) is 0 Å². The van der Waals surface area contributed by atoms with Gasteiger partial charge in [-0.25, -0.2) is 4.79 Å². The molecule has 2 amide bonds. The lowest BCUT2D eigenvalue weighted by atomic mass is 9.96. The maximum absolute atomic E-state index is 11.6. The van der Waals surface area contributed by atoms with Gasteiger partial charge >= 0.3 is 12.0 Å². The maximum atomic E-state index is 11.6. The summed E-state index contributed by atoms with van der Waals surface area (Å²) in [6.45, 7) is 0.618. The van der Waals surface area contributed by atoms with Gasteiger partial charge in [0.15, 0.2) is 0 Å². The normalized spacial score (nSPS) is 15.4. The molecule has 2 rings (SSSR count). The van der Waals surface area contributed by atoms with E-state index in [0.717, 1.165) is 11.3 Å². The Labute approximate surface area is 122 Å². The molecule has 1 aliphatic carbocycles. The molecule has 0 aliphatic heterocycles. The van der Waals surface area contributed by atoms with Crippen LogP contribution in [0.1, 0.15) is 18.4 Å². The second-order valence-electron chi connectivity index (χ2n) is 4.84. The number of hydrogen-bond donors (Lipinski definition) is 3. The molecule has 1 saturated carbocycles. The van der Waals surface area contributed by atoms with Crippen molar-refractivity contribution in [2.24, 2.45) is 0 Å². The van der Waals surface area contributed by atoms with Gasteiger partial charge < -0.3 is 15.7 Å². The first-order chi connectivity index (χ1) is 9.58. The summed E-state index contributed by atoms with van der Waals surface area (Å²) in [6.07, 6.45) is 3.35. The highest BCUT2D eigenvalue weighted by molar-refractivity contribution is 7.98. The van der Waals surface area contributed by atoms with Crippen molar-refractivity contribution in [1.82, 2.24) is 5.32 Å². The third-order valence-electron chi connectivity index (χ3n) is 3.45. The van der Waals surface area contributed by atoms with Crippen molar-refractivity contribution in [3.63, 3.8) is 0 Å². The summed E-state index contributed by atoms with van der Waals surface area (Å²) in [4.78, 5) is 22.8. The average Bonchev–Trinajstić information content (AvgIpc) is 3.21. The van der Waals surface area contributed by atoms with E-state index in [9.17, 15) is 14.7 Å². The highest BCUT2D eigenvalue weighted by atomic mass is 32.2. The zero-order valence-electron chi connectivity index (χ0n) is 11.3. The molecule has 0 spiro atoms. The quantitative estimate of drug-likeness (QED) is 0.703. The fraction of sp³-hybridized carbons (Fsp3) is 0.429. The molecule has 20 heavy (non-hydrogen) atoms. The number of carbonyl (C=O) groups excluding carboxylic acids is 1. The number of amides is 2. The van der Waals surface area contributed by atoms with E-state index in [1.807, 2.05) is 6.26 Å². The minimum absolute atomic E-state index is 0.244. The topological polar surface area (TPSA) is 78.4 Å². The fourth-order valence-electron chi connectivity index (χ4n) is 2.07. The molecular formula is C14H18N2O3S. The van der Waals surface area contributed by atoms with Gasteiger partial charge in [-0.2, -0.15) is 11.8 Å². The van der Waals surface area contributed by atoms with Crippen molar-refractivity contribution in [2.45, 2.75) is 18.3 Å². The third-order valence-corrected chi connectivity index (χ3v) is 4.06. The predicted molar refractivity (Wildman–Crippen MR) is 80.4 cm³/mol. The van der Waals surface area contributed by atoms with E-state index < -0.39 is 11.4 Å². The Hall–Kier alpha value is -1.69. The van der Waals surface area contributed by atoms with Crippen LogP contribution in [0.4, 0.5) is 10.5 Å². The van der Waals surface area contributed by atoms with E-state index in [4.69, 9.17) is 0 Å². The van der Waals surface area contributed by atoms with Crippen molar-refractivity contribution in [2.75, 3.05) is 23.9 Å². The highest BCUT2D eigenvalue weighted by Crippen LogP contribution is 2.48. The highest BCUT2D eigenvalue weighted by Gasteiger charge is 2.51. The van der Waals surface area contributed by atoms with Crippen molar-refractivity contribution in [3.8, 4) is 0 Å². The van der Waals surface area contributed by atoms with E-state index in [-0.39, 0.29) is 6.03 Å². The number of carboxylic acids is 1. The van der Waals surface area contributed by atoms with Crippen molar-refractivity contribution >= 4 is 29.4 Å². The molecule has 0 atom stereocenters. The number of benzene rings is 1. The molecule has 0 heterocycles. The van der Waals surface area contributed by atoms with Gasteiger partial charge in [-0.3, -0.25) is 4.79 Å². The minimum Gasteiger partial charge on any atom is -0.481 e. The molecule has 0 aromatic heterocycles. The van der Waals surface area contributed by atoms with Gasteiger partial charge in [-0.05, 0) is 36.8 Å². The number of urea groups is 1. The van der Waals surface area contributed by atoms with Crippen molar-refractivity contribution in [1.29, 1.82) is 0 Å². The molecule has 6 heteroatoms. The Morgan fingerprint density at radius 2 is 1.95 bits per heavy atom. The molecule has 3 N–H and O–H groups in total. The zero-order chi connectivity index (χ0) is 14.6. The number of aliphatic carboxylic acids is 1. The van der Waals surface area contributed by atoms with Crippen LogP contribution in [-0.2, 0) is 10.2 Å². The molecule has 0 saturated heterocycles. The molecule has 5 nitrogen and oxygen atoms in total. The molecule has 1 aliphatic rings. The first-order valence-electron chi connectivity index (χ1n) is 6.46. The summed E-state index contributed by atoms with van der Waals surface area (Å²) in [5.74, 6) is 0.0982. The molecule has 1 fully saturated rings. The van der Waals surface area contributed by atoms with Crippen LogP contribution in [-0.4, -0.2) is 35.7 Å². The van der Waals surface area contributed by atoms with Crippen molar-refractivity contribution < 1.29 is 14.7 Å². The van der Waals surface area contributed by atoms with Crippen LogP contribution in [0.2, 0.25) is 0 Å².